The average molecular weight is 437 g/mol. The van der Waals surface area contributed by atoms with E-state index in [4.69, 9.17) is 0 Å². The zero-order valence-electron chi connectivity index (χ0n) is 19.3. The molecule has 0 aliphatic heterocycles. The molecule has 4 rings (SSSR count). The van der Waals surface area contributed by atoms with Gasteiger partial charge in [0.2, 0.25) is 0 Å². The lowest BCUT2D eigenvalue weighted by atomic mass is 9.86. The quantitative estimate of drug-likeness (QED) is 0.359. The van der Waals surface area contributed by atoms with Gasteiger partial charge in [0, 0.05) is 12.8 Å². The number of benzene rings is 4. The van der Waals surface area contributed by atoms with Crippen LogP contribution in [0.25, 0.3) is 21.9 Å². The minimum Gasteiger partial charge on any atom is -0.478 e. The molecule has 0 amide bonds. The van der Waals surface area contributed by atoms with E-state index in [-0.39, 0.29) is 29.6 Å². The standard InChI is InChI=1S/C30H28O3/c1-30(2,3)26-13-11-21(12-14-26)22-10-6-7-20(15-22)16-27(31)18-25-17-23-8-4-5-9-24(23)19-28(25)29(32)33/h4-15,17,19H,16,18H2,1-3H3,(H,32,33). The second kappa shape index (κ2) is 9.03. The van der Waals surface area contributed by atoms with Gasteiger partial charge in [-0.25, -0.2) is 4.79 Å². The second-order valence-corrected chi connectivity index (χ2v) is 9.58. The molecule has 3 nitrogen and oxygen atoms in total. The third kappa shape index (κ3) is 5.20. The fourth-order valence-corrected chi connectivity index (χ4v) is 4.16. The molecule has 0 radical (unpaired) electrons. The van der Waals surface area contributed by atoms with Gasteiger partial charge in [-0.2, -0.15) is 0 Å². The Morgan fingerprint density at radius 1 is 0.727 bits per heavy atom. The molecule has 0 aliphatic rings. The minimum atomic E-state index is -1.01. The van der Waals surface area contributed by atoms with Crippen molar-refractivity contribution in [2.24, 2.45) is 0 Å². The lowest BCUT2D eigenvalue weighted by Crippen LogP contribution is -2.11. The molecule has 0 fully saturated rings. The van der Waals surface area contributed by atoms with E-state index in [0.717, 1.165) is 27.5 Å². The molecule has 0 heterocycles. The SMILES string of the molecule is CC(C)(C)c1ccc(-c2cccc(CC(=O)Cc3cc4ccccc4cc3C(=O)O)c2)cc1. The number of Topliss-reactive ketones (excluding diaryl/α,β-unsaturated/α-hetero) is 1. The molecule has 3 heteroatoms. The van der Waals surface area contributed by atoms with Gasteiger partial charge in [-0.1, -0.05) is 93.6 Å². The van der Waals surface area contributed by atoms with Crippen LogP contribution in [0.2, 0.25) is 0 Å². The number of fused-ring (bicyclic) bond motifs is 1. The maximum atomic E-state index is 12.9. The molecular weight excluding hydrogens is 408 g/mol. The summed E-state index contributed by atoms with van der Waals surface area (Å²) in [6.07, 6.45) is 0.358. The van der Waals surface area contributed by atoms with Crippen LogP contribution in [0.3, 0.4) is 0 Å². The Morgan fingerprint density at radius 2 is 1.39 bits per heavy atom. The summed E-state index contributed by atoms with van der Waals surface area (Å²) in [6, 6.07) is 27.6. The number of carbonyl (C=O) groups excluding carboxylic acids is 1. The van der Waals surface area contributed by atoms with Crippen LogP contribution in [0.5, 0.6) is 0 Å². The lowest BCUT2D eigenvalue weighted by Gasteiger charge is -2.19. The molecule has 0 unspecified atom stereocenters. The highest BCUT2D eigenvalue weighted by molar-refractivity contribution is 5.98. The van der Waals surface area contributed by atoms with Gasteiger partial charge in [0.25, 0.3) is 0 Å². The largest absolute Gasteiger partial charge is 0.478 e. The molecule has 0 saturated carbocycles. The van der Waals surface area contributed by atoms with Crippen molar-refractivity contribution in [1.29, 1.82) is 0 Å². The molecule has 0 spiro atoms. The van der Waals surface area contributed by atoms with Crippen molar-refractivity contribution in [2.75, 3.05) is 0 Å². The number of hydrogen-bond donors (Lipinski definition) is 1. The summed E-state index contributed by atoms with van der Waals surface area (Å²) in [5, 5.41) is 11.4. The van der Waals surface area contributed by atoms with Gasteiger partial charge in [-0.3, -0.25) is 4.79 Å². The van der Waals surface area contributed by atoms with E-state index in [0.29, 0.717) is 5.56 Å². The summed E-state index contributed by atoms with van der Waals surface area (Å²) in [5.41, 5.74) is 5.23. The van der Waals surface area contributed by atoms with Gasteiger partial charge in [0.1, 0.15) is 5.78 Å². The number of hydrogen-bond acceptors (Lipinski definition) is 2. The van der Waals surface area contributed by atoms with Gasteiger partial charge >= 0.3 is 5.97 Å². The fraction of sp³-hybridized carbons (Fsp3) is 0.200. The molecular formula is C30H28O3. The Hall–Kier alpha value is -3.72. The molecule has 0 bridgehead atoms. The zero-order valence-corrected chi connectivity index (χ0v) is 19.3. The maximum absolute atomic E-state index is 12.9. The van der Waals surface area contributed by atoms with E-state index in [1.807, 2.05) is 54.6 Å². The van der Waals surface area contributed by atoms with Gasteiger partial charge in [0.05, 0.1) is 5.56 Å². The van der Waals surface area contributed by atoms with Crippen LogP contribution in [0.4, 0.5) is 0 Å². The summed E-state index contributed by atoms with van der Waals surface area (Å²) in [7, 11) is 0. The number of carboxylic acid groups (broad SMARTS) is 1. The topological polar surface area (TPSA) is 54.4 Å². The Bertz CT molecular complexity index is 1330. The van der Waals surface area contributed by atoms with Crippen LogP contribution in [0.15, 0.2) is 84.9 Å². The fourth-order valence-electron chi connectivity index (χ4n) is 4.16. The van der Waals surface area contributed by atoms with E-state index < -0.39 is 5.97 Å². The first-order valence-corrected chi connectivity index (χ1v) is 11.2. The maximum Gasteiger partial charge on any atom is 0.335 e. The highest BCUT2D eigenvalue weighted by Crippen LogP contribution is 2.27. The number of ketones is 1. The molecule has 166 valence electrons. The van der Waals surface area contributed by atoms with Crippen molar-refractivity contribution in [3.63, 3.8) is 0 Å². The summed E-state index contributed by atoms with van der Waals surface area (Å²) in [5.74, 6) is -1.02. The van der Waals surface area contributed by atoms with Crippen molar-refractivity contribution in [3.8, 4) is 11.1 Å². The summed E-state index contributed by atoms with van der Waals surface area (Å²) < 4.78 is 0. The van der Waals surface area contributed by atoms with E-state index >= 15 is 0 Å². The third-order valence-corrected chi connectivity index (χ3v) is 6.00. The number of aromatic carboxylic acids is 1. The van der Waals surface area contributed by atoms with E-state index in [1.165, 1.54) is 5.56 Å². The van der Waals surface area contributed by atoms with Crippen LogP contribution in [0, 0.1) is 0 Å². The molecule has 0 aromatic heterocycles. The highest BCUT2D eigenvalue weighted by Gasteiger charge is 2.16. The number of rotatable bonds is 6. The Kier molecular flexibility index (Phi) is 6.15. The second-order valence-electron chi connectivity index (χ2n) is 9.58. The first kappa shape index (κ1) is 22.5. The molecule has 33 heavy (non-hydrogen) atoms. The van der Waals surface area contributed by atoms with Crippen molar-refractivity contribution in [1.82, 2.24) is 0 Å². The smallest absolute Gasteiger partial charge is 0.335 e. The van der Waals surface area contributed by atoms with Crippen molar-refractivity contribution in [2.45, 2.75) is 39.0 Å². The summed E-state index contributed by atoms with van der Waals surface area (Å²) in [4.78, 5) is 24.7. The first-order chi connectivity index (χ1) is 15.7. The third-order valence-electron chi connectivity index (χ3n) is 6.00. The first-order valence-electron chi connectivity index (χ1n) is 11.2. The van der Waals surface area contributed by atoms with Gasteiger partial charge in [-0.15, -0.1) is 0 Å². The molecule has 1 N–H and O–H groups in total. The monoisotopic (exact) mass is 436 g/mol. The number of carboxylic acids is 1. The Labute approximate surface area is 194 Å². The van der Waals surface area contributed by atoms with Crippen LogP contribution >= 0.6 is 0 Å². The molecule has 0 aliphatic carbocycles. The van der Waals surface area contributed by atoms with E-state index in [2.05, 4.69) is 45.0 Å². The predicted molar refractivity (Wildman–Crippen MR) is 134 cm³/mol. The number of carbonyl (C=O) groups is 2. The highest BCUT2D eigenvalue weighted by atomic mass is 16.4. The van der Waals surface area contributed by atoms with Gasteiger partial charge in [-0.05, 0) is 56.1 Å². The molecule has 0 atom stereocenters. The summed E-state index contributed by atoms with van der Waals surface area (Å²) in [6.45, 7) is 6.58. The molecule has 4 aromatic rings. The van der Waals surface area contributed by atoms with Crippen LogP contribution < -0.4 is 0 Å². The van der Waals surface area contributed by atoms with Crippen molar-refractivity contribution < 1.29 is 14.7 Å². The van der Waals surface area contributed by atoms with E-state index in [9.17, 15) is 14.7 Å². The summed E-state index contributed by atoms with van der Waals surface area (Å²) >= 11 is 0. The van der Waals surface area contributed by atoms with Crippen molar-refractivity contribution >= 4 is 22.5 Å². The predicted octanol–water partition coefficient (Wildman–Crippen LogP) is 6.86. The molecule has 4 aromatic carbocycles. The average Bonchev–Trinajstić information content (AvgIpc) is 2.78. The lowest BCUT2D eigenvalue weighted by molar-refractivity contribution is -0.117. The van der Waals surface area contributed by atoms with Gasteiger partial charge in [0.15, 0.2) is 0 Å². The Balaban J connectivity index is 1.54. The van der Waals surface area contributed by atoms with Crippen LogP contribution in [-0.4, -0.2) is 16.9 Å². The van der Waals surface area contributed by atoms with E-state index in [1.54, 1.807) is 6.07 Å². The van der Waals surface area contributed by atoms with Crippen molar-refractivity contribution in [3.05, 3.63) is 107 Å². The van der Waals surface area contributed by atoms with Crippen LogP contribution in [0.1, 0.15) is 47.8 Å². The van der Waals surface area contributed by atoms with Gasteiger partial charge < -0.3 is 5.11 Å². The minimum absolute atomic E-state index is 0.00647. The normalized spacial score (nSPS) is 11.5. The van der Waals surface area contributed by atoms with Crippen LogP contribution in [-0.2, 0) is 23.1 Å². The zero-order chi connectivity index (χ0) is 23.6. The molecule has 0 saturated heterocycles. The Morgan fingerprint density at radius 3 is 2.03 bits per heavy atom.